The Balaban J connectivity index is 1.88. The number of benzene rings is 3. The minimum Gasteiger partial charge on any atom is -0.310 e. The molecular formula is C26H21F6N3. The van der Waals surface area contributed by atoms with Gasteiger partial charge in [-0.1, -0.05) is 91.0 Å². The summed E-state index contributed by atoms with van der Waals surface area (Å²) in [4.78, 5) is 7.99. The van der Waals surface area contributed by atoms with Gasteiger partial charge in [-0.15, -0.1) is 0 Å². The van der Waals surface area contributed by atoms with Crippen LogP contribution in [0.4, 0.5) is 26.3 Å². The van der Waals surface area contributed by atoms with Crippen molar-refractivity contribution < 1.29 is 26.3 Å². The molecule has 9 heteroatoms. The Bertz CT molecular complexity index is 1170. The van der Waals surface area contributed by atoms with Crippen LogP contribution in [0, 0.1) is 0 Å². The zero-order chi connectivity index (χ0) is 25.1. The lowest BCUT2D eigenvalue weighted by molar-refractivity contribution is -0.293. The van der Waals surface area contributed by atoms with Crippen LogP contribution in [-0.2, 0) is 13.0 Å². The van der Waals surface area contributed by atoms with Crippen molar-refractivity contribution in [1.29, 1.82) is 0 Å². The highest BCUT2D eigenvalue weighted by molar-refractivity contribution is 6.10. The summed E-state index contributed by atoms with van der Waals surface area (Å²) in [5.74, 6) is -0.761. The van der Waals surface area contributed by atoms with E-state index in [1.165, 1.54) is 29.2 Å². The molecule has 1 aliphatic heterocycles. The molecule has 0 fully saturated rings. The normalized spacial score (nSPS) is 16.0. The van der Waals surface area contributed by atoms with Crippen molar-refractivity contribution in [1.82, 2.24) is 4.90 Å². The molecule has 1 heterocycles. The standard InChI is InChI=1S/C26H21F6N3/c27-25(28,29)24(26(30,31)32)33-22(17-16-19-10-4-1-5-11-19)35(18-20-12-6-2-7-13-20)23(34-24)21-14-8-3-9-15-21/h1-15H,16-18H2. The molecule has 0 unspecified atom stereocenters. The Morgan fingerprint density at radius 2 is 1.09 bits per heavy atom. The molecule has 0 aromatic heterocycles. The van der Waals surface area contributed by atoms with Crippen molar-refractivity contribution in [2.45, 2.75) is 37.4 Å². The molecule has 0 amide bonds. The van der Waals surface area contributed by atoms with E-state index in [9.17, 15) is 26.3 Å². The summed E-state index contributed by atoms with van der Waals surface area (Å²) in [6, 6.07) is 25.1. The maximum Gasteiger partial charge on any atom is 0.443 e. The summed E-state index contributed by atoms with van der Waals surface area (Å²) in [7, 11) is 0. The average Bonchev–Trinajstić information content (AvgIpc) is 2.83. The minimum absolute atomic E-state index is 0.00792. The van der Waals surface area contributed by atoms with Crippen LogP contribution in [-0.4, -0.2) is 34.6 Å². The van der Waals surface area contributed by atoms with Gasteiger partial charge in [0.25, 0.3) is 0 Å². The van der Waals surface area contributed by atoms with Crippen LogP contribution in [0.2, 0.25) is 0 Å². The molecule has 0 atom stereocenters. The van der Waals surface area contributed by atoms with Gasteiger partial charge in [-0.2, -0.15) is 26.3 Å². The largest absolute Gasteiger partial charge is 0.443 e. The Kier molecular flexibility index (Phi) is 6.69. The average molecular weight is 489 g/mol. The second-order valence-electron chi connectivity index (χ2n) is 8.05. The van der Waals surface area contributed by atoms with E-state index < -0.39 is 23.9 Å². The van der Waals surface area contributed by atoms with Gasteiger partial charge in [0.1, 0.15) is 11.7 Å². The molecular weight excluding hydrogens is 468 g/mol. The molecule has 0 saturated heterocycles. The number of rotatable bonds is 6. The number of alkyl halides is 6. The van der Waals surface area contributed by atoms with Crippen LogP contribution in [0.1, 0.15) is 23.1 Å². The number of hydrogen-bond acceptors (Lipinski definition) is 3. The van der Waals surface area contributed by atoms with Crippen molar-refractivity contribution in [3.63, 3.8) is 0 Å². The van der Waals surface area contributed by atoms with Crippen molar-refractivity contribution >= 4 is 11.7 Å². The Labute approximate surface area is 198 Å². The van der Waals surface area contributed by atoms with Crippen LogP contribution < -0.4 is 0 Å². The zero-order valence-electron chi connectivity index (χ0n) is 18.4. The topological polar surface area (TPSA) is 28.0 Å². The van der Waals surface area contributed by atoms with E-state index in [0.29, 0.717) is 5.56 Å². The molecule has 0 saturated carbocycles. The Morgan fingerprint density at radius 3 is 1.60 bits per heavy atom. The molecule has 1 aliphatic rings. The second-order valence-corrected chi connectivity index (χ2v) is 8.05. The van der Waals surface area contributed by atoms with Crippen molar-refractivity contribution in [3.8, 4) is 0 Å². The maximum atomic E-state index is 14.1. The lowest BCUT2D eigenvalue weighted by Crippen LogP contribution is -2.59. The number of nitrogens with zero attached hydrogens (tertiary/aromatic N) is 3. The molecule has 0 spiro atoms. The molecule has 0 N–H and O–H groups in total. The fourth-order valence-corrected chi connectivity index (χ4v) is 3.85. The number of aliphatic imine (C=N–C) groups is 2. The van der Waals surface area contributed by atoms with Crippen LogP contribution >= 0.6 is 0 Å². The highest BCUT2D eigenvalue weighted by Gasteiger charge is 2.73. The molecule has 4 rings (SSSR count). The first-order valence-corrected chi connectivity index (χ1v) is 10.8. The zero-order valence-corrected chi connectivity index (χ0v) is 18.4. The van der Waals surface area contributed by atoms with E-state index in [1.54, 1.807) is 66.7 Å². The lowest BCUT2D eigenvalue weighted by atomic mass is 10.0. The highest BCUT2D eigenvalue weighted by Crippen LogP contribution is 2.49. The second kappa shape index (κ2) is 9.56. The maximum absolute atomic E-state index is 14.1. The quantitative estimate of drug-likeness (QED) is 0.350. The number of hydrogen-bond donors (Lipinski definition) is 0. The van der Waals surface area contributed by atoms with E-state index in [1.807, 2.05) is 0 Å². The van der Waals surface area contributed by atoms with Gasteiger partial charge in [0, 0.05) is 12.0 Å². The SMILES string of the molecule is FC(F)(F)C1(C(F)(F)F)N=C(CCc2ccccc2)N(Cc2ccccc2)C(c2ccccc2)=N1. The van der Waals surface area contributed by atoms with E-state index in [0.717, 1.165) is 5.56 Å². The van der Waals surface area contributed by atoms with Crippen molar-refractivity contribution in [3.05, 3.63) is 108 Å². The van der Waals surface area contributed by atoms with Gasteiger partial charge in [0.15, 0.2) is 0 Å². The van der Waals surface area contributed by atoms with Gasteiger partial charge in [-0.05, 0) is 17.5 Å². The molecule has 0 aliphatic carbocycles. The predicted molar refractivity (Wildman–Crippen MR) is 122 cm³/mol. The fraction of sp³-hybridized carbons (Fsp3) is 0.231. The van der Waals surface area contributed by atoms with Crippen LogP contribution in [0.25, 0.3) is 0 Å². The van der Waals surface area contributed by atoms with Gasteiger partial charge in [0.2, 0.25) is 0 Å². The molecule has 182 valence electrons. The van der Waals surface area contributed by atoms with Gasteiger partial charge < -0.3 is 4.90 Å². The van der Waals surface area contributed by atoms with Crippen LogP contribution in [0.3, 0.4) is 0 Å². The highest BCUT2D eigenvalue weighted by atomic mass is 19.4. The Hall–Kier alpha value is -3.62. The fourth-order valence-electron chi connectivity index (χ4n) is 3.85. The van der Waals surface area contributed by atoms with Gasteiger partial charge >= 0.3 is 18.0 Å². The first-order chi connectivity index (χ1) is 16.6. The van der Waals surface area contributed by atoms with Crippen molar-refractivity contribution in [2.75, 3.05) is 0 Å². The summed E-state index contributed by atoms with van der Waals surface area (Å²) in [5.41, 5.74) is -3.00. The number of aryl methyl sites for hydroxylation is 1. The number of halogens is 6. The van der Waals surface area contributed by atoms with Gasteiger partial charge in [-0.25, -0.2) is 9.98 Å². The van der Waals surface area contributed by atoms with Crippen LogP contribution in [0.15, 0.2) is 101 Å². The molecule has 3 nitrogen and oxygen atoms in total. The van der Waals surface area contributed by atoms with Gasteiger partial charge in [-0.3, -0.25) is 0 Å². The third-order valence-electron chi connectivity index (χ3n) is 5.61. The summed E-state index contributed by atoms with van der Waals surface area (Å²) in [6.45, 7) is 0.00792. The molecule has 0 radical (unpaired) electrons. The van der Waals surface area contributed by atoms with E-state index in [4.69, 9.17) is 0 Å². The summed E-state index contributed by atoms with van der Waals surface area (Å²) >= 11 is 0. The lowest BCUT2D eigenvalue weighted by Gasteiger charge is -2.39. The Morgan fingerprint density at radius 1 is 0.600 bits per heavy atom. The minimum atomic E-state index is -5.79. The number of amidine groups is 2. The van der Waals surface area contributed by atoms with Gasteiger partial charge in [0.05, 0.1) is 6.54 Å². The summed E-state index contributed by atoms with van der Waals surface area (Å²) in [5, 5.41) is 0. The molecule has 3 aromatic carbocycles. The molecule has 3 aromatic rings. The predicted octanol–water partition coefficient (Wildman–Crippen LogP) is 6.80. The van der Waals surface area contributed by atoms with E-state index >= 15 is 0 Å². The summed E-state index contributed by atoms with van der Waals surface area (Å²) in [6.07, 6.45) is -11.5. The molecule has 0 bridgehead atoms. The third kappa shape index (κ3) is 5.08. The monoisotopic (exact) mass is 489 g/mol. The summed E-state index contributed by atoms with van der Waals surface area (Å²) < 4.78 is 84.7. The van der Waals surface area contributed by atoms with Crippen molar-refractivity contribution in [2.24, 2.45) is 9.98 Å². The smallest absolute Gasteiger partial charge is 0.310 e. The third-order valence-corrected chi connectivity index (χ3v) is 5.61. The first-order valence-electron chi connectivity index (χ1n) is 10.8. The first kappa shape index (κ1) is 24.5. The van der Waals surface area contributed by atoms with Crippen LogP contribution in [0.5, 0.6) is 0 Å². The molecule has 35 heavy (non-hydrogen) atoms. The van der Waals surface area contributed by atoms with E-state index in [-0.39, 0.29) is 30.8 Å². The van der Waals surface area contributed by atoms with E-state index in [2.05, 4.69) is 9.98 Å².